The number of hydrogen-bond donors (Lipinski definition) is 2. The monoisotopic (exact) mass is 212 g/mol. The lowest BCUT2D eigenvalue weighted by molar-refractivity contribution is -0.122. The molecule has 88 valence electrons. The van der Waals surface area contributed by atoms with E-state index in [1.54, 1.807) is 0 Å². The molecule has 1 saturated heterocycles. The molecule has 1 amide bonds. The Hall–Kier alpha value is -0.570. The molecule has 1 rings (SSSR count). The molecular formula is C12H24N2O. The fourth-order valence-electron chi connectivity index (χ4n) is 1.85. The van der Waals surface area contributed by atoms with Gasteiger partial charge in [0.05, 0.1) is 0 Å². The van der Waals surface area contributed by atoms with Crippen LogP contribution in [0.3, 0.4) is 0 Å². The Labute approximate surface area is 93.0 Å². The average Bonchev–Trinajstić information content (AvgIpc) is 2.27. The minimum absolute atomic E-state index is 0.238. The van der Waals surface area contributed by atoms with Crippen molar-refractivity contribution >= 4 is 5.91 Å². The van der Waals surface area contributed by atoms with E-state index >= 15 is 0 Å². The molecule has 1 heterocycles. The van der Waals surface area contributed by atoms with Gasteiger partial charge in [0.1, 0.15) is 0 Å². The molecule has 15 heavy (non-hydrogen) atoms. The van der Waals surface area contributed by atoms with Crippen LogP contribution in [0.5, 0.6) is 0 Å². The first-order chi connectivity index (χ1) is 7.22. The zero-order chi connectivity index (χ0) is 11.1. The van der Waals surface area contributed by atoms with Gasteiger partial charge in [-0.05, 0) is 37.8 Å². The minimum Gasteiger partial charge on any atom is -0.356 e. The fraction of sp³-hybridized carbons (Fsp3) is 0.917. The van der Waals surface area contributed by atoms with Crippen LogP contribution < -0.4 is 10.6 Å². The number of rotatable bonds is 5. The van der Waals surface area contributed by atoms with Gasteiger partial charge in [-0.3, -0.25) is 4.79 Å². The van der Waals surface area contributed by atoms with E-state index in [9.17, 15) is 4.79 Å². The van der Waals surface area contributed by atoms with Crippen LogP contribution in [0.1, 0.15) is 39.5 Å². The third-order valence-electron chi connectivity index (χ3n) is 3.28. The van der Waals surface area contributed by atoms with Crippen LogP contribution in [-0.4, -0.2) is 25.5 Å². The summed E-state index contributed by atoms with van der Waals surface area (Å²) in [6.07, 6.45) is 4.15. The van der Waals surface area contributed by atoms with Gasteiger partial charge in [0.25, 0.3) is 0 Å². The summed E-state index contributed by atoms with van der Waals surface area (Å²) in [6, 6.07) is 0. The molecule has 0 radical (unpaired) electrons. The van der Waals surface area contributed by atoms with E-state index in [1.807, 2.05) is 0 Å². The van der Waals surface area contributed by atoms with E-state index in [0.29, 0.717) is 11.8 Å². The number of nitrogens with one attached hydrogen (secondary N) is 2. The maximum Gasteiger partial charge on any atom is 0.220 e. The van der Waals surface area contributed by atoms with Crippen molar-refractivity contribution in [3.8, 4) is 0 Å². The SMILES string of the molecule is CCC(C)CNC(=O)CC1CCNCC1. The minimum atomic E-state index is 0.238. The molecule has 3 nitrogen and oxygen atoms in total. The highest BCUT2D eigenvalue weighted by atomic mass is 16.1. The highest BCUT2D eigenvalue weighted by molar-refractivity contribution is 5.76. The van der Waals surface area contributed by atoms with Gasteiger partial charge in [-0.1, -0.05) is 20.3 Å². The van der Waals surface area contributed by atoms with E-state index in [1.165, 1.54) is 0 Å². The van der Waals surface area contributed by atoms with Crippen molar-refractivity contribution in [3.63, 3.8) is 0 Å². The maximum absolute atomic E-state index is 11.6. The summed E-state index contributed by atoms with van der Waals surface area (Å²) in [5, 5.41) is 6.34. The Morgan fingerprint density at radius 3 is 2.73 bits per heavy atom. The van der Waals surface area contributed by atoms with Gasteiger partial charge in [-0.15, -0.1) is 0 Å². The molecule has 1 aliphatic rings. The molecule has 1 unspecified atom stereocenters. The second-order valence-corrected chi connectivity index (χ2v) is 4.71. The van der Waals surface area contributed by atoms with Gasteiger partial charge in [0.2, 0.25) is 5.91 Å². The molecule has 3 heteroatoms. The first-order valence-corrected chi connectivity index (χ1v) is 6.19. The number of piperidine rings is 1. The quantitative estimate of drug-likeness (QED) is 0.726. The third kappa shape index (κ3) is 5.17. The number of carbonyl (C=O) groups excluding carboxylic acids is 1. The molecule has 0 aromatic carbocycles. The Balaban J connectivity index is 2.11. The highest BCUT2D eigenvalue weighted by Crippen LogP contribution is 2.15. The first-order valence-electron chi connectivity index (χ1n) is 6.19. The summed E-state index contributed by atoms with van der Waals surface area (Å²) >= 11 is 0. The van der Waals surface area contributed by atoms with Crippen molar-refractivity contribution in [2.24, 2.45) is 11.8 Å². The lowest BCUT2D eigenvalue weighted by Gasteiger charge is -2.22. The van der Waals surface area contributed by atoms with E-state index < -0.39 is 0 Å². The van der Waals surface area contributed by atoms with Crippen molar-refractivity contribution in [2.75, 3.05) is 19.6 Å². The van der Waals surface area contributed by atoms with Crippen LogP contribution in [0, 0.1) is 11.8 Å². The Morgan fingerprint density at radius 2 is 2.13 bits per heavy atom. The molecule has 0 spiro atoms. The second-order valence-electron chi connectivity index (χ2n) is 4.71. The van der Waals surface area contributed by atoms with Crippen LogP contribution in [-0.2, 0) is 4.79 Å². The molecule has 0 saturated carbocycles. The number of hydrogen-bond acceptors (Lipinski definition) is 2. The summed E-state index contributed by atoms with van der Waals surface area (Å²) in [5.74, 6) is 1.44. The van der Waals surface area contributed by atoms with Crippen molar-refractivity contribution in [3.05, 3.63) is 0 Å². The van der Waals surface area contributed by atoms with Gasteiger partial charge in [0, 0.05) is 13.0 Å². The Morgan fingerprint density at radius 1 is 1.47 bits per heavy atom. The second kappa shape index (κ2) is 6.83. The van der Waals surface area contributed by atoms with Crippen LogP contribution in [0.4, 0.5) is 0 Å². The third-order valence-corrected chi connectivity index (χ3v) is 3.28. The lowest BCUT2D eigenvalue weighted by atomic mass is 9.94. The fourth-order valence-corrected chi connectivity index (χ4v) is 1.85. The summed E-state index contributed by atoms with van der Waals surface area (Å²) < 4.78 is 0. The van der Waals surface area contributed by atoms with Crippen molar-refractivity contribution < 1.29 is 4.79 Å². The summed E-state index contributed by atoms with van der Waals surface area (Å²) in [7, 11) is 0. The van der Waals surface area contributed by atoms with Crippen molar-refractivity contribution in [2.45, 2.75) is 39.5 Å². The van der Waals surface area contributed by atoms with Crippen molar-refractivity contribution in [1.82, 2.24) is 10.6 Å². The van der Waals surface area contributed by atoms with Crippen LogP contribution >= 0.6 is 0 Å². The largest absolute Gasteiger partial charge is 0.356 e. The zero-order valence-corrected chi connectivity index (χ0v) is 10.0. The van der Waals surface area contributed by atoms with Gasteiger partial charge < -0.3 is 10.6 Å². The molecule has 2 N–H and O–H groups in total. The summed E-state index contributed by atoms with van der Waals surface area (Å²) in [5.41, 5.74) is 0. The molecule has 0 aliphatic carbocycles. The van der Waals surface area contributed by atoms with Crippen LogP contribution in [0.2, 0.25) is 0 Å². The molecule has 0 aromatic heterocycles. The predicted octanol–water partition coefficient (Wildman–Crippen LogP) is 1.54. The molecule has 1 aliphatic heterocycles. The first kappa shape index (κ1) is 12.5. The lowest BCUT2D eigenvalue weighted by Crippen LogP contribution is -2.33. The normalized spacial score (nSPS) is 19.9. The van der Waals surface area contributed by atoms with Gasteiger partial charge in [0.15, 0.2) is 0 Å². The molecule has 1 fully saturated rings. The standard InChI is InChI=1S/C12H24N2O/c1-3-10(2)9-14-12(15)8-11-4-6-13-7-5-11/h10-11,13H,3-9H2,1-2H3,(H,14,15). The van der Waals surface area contributed by atoms with E-state index in [0.717, 1.165) is 45.3 Å². The maximum atomic E-state index is 11.6. The Bertz CT molecular complexity index is 188. The van der Waals surface area contributed by atoms with Gasteiger partial charge >= 0.3 is 0 Å². The van der Waals surface area contributed by atoms with Gasteiger partial charge in [-0.2, -0.15) is 0 Å². The molecule has 1 atom stereocenters. The van der Waals surface area contributed by atoms with Crippen LogP contribution in [0.25, 0.3) is 0 Å². The van der Waals surface area contributed by atoms with E-state index in [-0.39, 0.29) is 5.91 Å². The topological polar surface area (TPSA) is 41.1 Å². The summed E-state index contributed by atoms with van der Waals surface area (Å²) in [6.45, 7) is 7.31. The molecule has 0 bridgehead atoms. The number of amides is 1. The zero-order valence-electron chi connectivity index (χ0n) is 10.0. The van der Waals surface area contributed by atoms with E-state index in [4.69, 9.17) is 0 Å². The average molecular weight is 212 g/mol. The summed E-state index contributed by atoms with van der Waals surface area (Å²) in [4.78, 5) is 11.6. The van der Waals surface area contributed by atoms with Crippen molar-refractivity contribution in [1.29, 1.82) is 0 Å². The number of carbonyl (C=O) groups is 1. The Kier molecular flexibility index (Phi) is 5.69. The highest BCUT2D eigenvalue weighted by Gasteiger charge is 2.16. The van der Waals surface area contributed by atoms with Gasteiger partial charge in [-0.25, -0.2) is 0 Å². The van der Waals surface area contributed by atoms with Crippen LogP contribution in [0.15, 0.2) is 0 Å². The molecular weight excluding hydrogens is 188 g/mol. The smallest absolute Gasteiger partial charge is 0.220 e. The molecule has 0 aromatic rings. The predicted molar refractivity (Wildman–Crippen MR) is 62.7 cm³/mol. The van der Waals surface area contributed by atoms with E-state index in [2.05, 4.69) is 24.5 Å².